The quantitative estimate of drug-likeness (QED) is 0.803. The van der Waals surface area contributed by atoms with Gasteiger partial charge in [0.25, 0.3) is 0 Å². The molecule has 2 N–H and O–H groups in total. The van der Waals surface area contributed by atoms with Crippen molar-refractivity contribution in [2.75, 3.05) is 46.0 Å². The second-order valence-electron chi connectivity index (χ2n) is 5.58. The van der Waals surface area contributed by atoms with Crippen LogP contribution in [0.4, 0.5) is 4.79 Å². The number of amides is 2. The van der Waals surface area contributed by atoms with E-state index in [1.807, 2.05) is 38.1 Å². The van der Waals surface area contributed by atoms with Crippen LogP contribution in [0.2, 0.25) is 0 Å². The van der Waals surface area contributed by atoms with E-state index in [1.54, 1.807) is 0 Å². The number of carbonyl (C=O) groups is 1. The van der Waals surface area contributed by atoms with Crippen LogP contribution in [0.15, 0.2) is 24.3 Å². The monoisotopic (exact) mass is 321 g/mol. The highest BCUT2D eigenvalue weighted by atomic mass is 16.5. The van der Waals surface area contributed by atoms with E-state index in [1.165, 1.54) is 0 Å². The van der Waals surface area contributed by atoms with Crippen LogP contribution in [0.1, 0.15) is 25.5 Å². The van der Waals surface area contributed by atoms with Crippen molar-refractivity contribution < 1.29 is 14.3 Å². The van der Waals surface area contributed by atoms with Crippen LogP contribution in [-0.4, -0.2) is 56.9 Å². The first-order valence-corrected chi connectivity index (χ1v) is 8.26. The number of urea groups is 1. The molecule has 0 aromatic heterocycles. The number of rotatable bonds is 7. The highest BCUT2D eigenvalue weighted by Gasteiger charge is 2.12. The van der Waals surface area contributed by atoms with Crippen LogP contribution in [-0.2, 0) is 4.74 Å². The minimum atomic E-state index is -0.146. The molecule has 1 aromatic carbocycles. The van der Waals surface area contributed by atoms with E-state index in [0.717, 1.165) is 44.2 Å². The van der Waals surface area contributed by atoms with Crippen molar-refractivity contribution in [3.05, 3.63) is 29.8 Å². The Hall–Kier alpha value is -1.79. The molecule has 6 heteroatoms. The first-order valence-electron chi connectivity index (χ1n) is 8.26. The minimum absolute atomic E-state index is 0.0706. The molecule has 1 aliphatic rings. The van der Waals surface area contributed by atoms with Gasteiger partial charge in [-0.25, -0.2) is 4.79 Å². The van der Waals surface area contributed by atoms with Crippen molar-refractivity contribution in [2.45, 2.75) is 19.9 Å². The first-order chi connectivity index (χ1) is 11.2. The lowest BCUT2D eigenvalue weighted by Gasteiger charge is -2.26. The predicted molar refractivity (Wildman–Crippen MR) is 89.8 cm³/mol. The number of morpholine rings is 1. The number of nitrogens with zero attached hydrogens (tertiary/aromatic N) is 1. The van der Waals surface area contributed by atoms with Gasteiger partial charge in [0.15, 0.2) is 0 Å². The Balaban J connectivity index is 1.72. The molecular formula is C17H27N3O3. The Morgan fingerprint density at radius 2 is 2.17 bits per heavy atom. The zero-order valence-corrected chi connectivity index (χ0v) is 14.0. The van der Waals surface area contributed by atoms with Crippen molar-refractivity contribution >= 4 is 6.03 Å². The molecule has 2 rings (SSSR count). The number of carbonyl (C=O) groups excluding carboxylic acids is 1. The Morgan fingerprint density at radius 3 is 2.91 bits per heavy atom. The molecule has 1 saturated heterocycles. The number of ether oxygens (including phenoxy) is 2. The average molecular weight is 321 g/mol. The SMILES string of the molecule is CCOc1cccc([C@@H](C)NC(=O)NCCN2CCOCC2)c1. The second-order valence-corrected chi connectivity index (χ2v) is 5.58. The van der Waals surface area contributed by atoms with Crippen molar-refractivity contribution in [1.29, 1.82) is 0 Å². The summed E-state index contributed by atoms with van der Waals surface area (Å²) in [5.41, 5.74) is 1.03. The van der Waals surface area contributed by atoms with Crippen LogP contribution in [0.5, 0.6) is 5.75 Å². The maximum atomic E-state index is 12.0. The Labute approximate surface area is 138 Å². The summed E-state index contributed by atoms with van der Waals surface area (Å²) in [5.74, 6) is 0.825. The molecule has 1 heterocycles. The molecule has 0 unspecified atom stereocenters. The zero-order chi connectivity index (χ0) is 16.5. The predicted octanol–water partition coefficient (Wildman–Crippen LogP) is 1.78. The van der Waals surface area contributed by atoms with Gasteiger partial charge in [0, 0.05) is 26.2 Å². The minimum Gasteiger partial charge on any atom is -0.494 e. The third-order valence-electron chi connectivity index (χ3n) is 3.83. The fourth-order valence-electron chi connectivity index (χ4n) is 2.52. The van der Waals surface area contributed by atoms with E-state index in [0.29, 0.717) is 13.2 Å². The summed E-state index contributed by atoms with van der Waals surface area (Å²) in [6.45, 7) is 9.46. The summed E-state index contributed by atoms with van der Waals surface area (Å²) < 4.78 is 10.8. The van der Waals surface area contributed by atoms with Crippen molar-refractivity contribution in [1.82, 2.24) is 15.5 Å². The van der Waals surface area contributed by atoms with E-state index in [4.69, 9.17) is 9.47 Å². The summed E-state index contributed by atoms with van der Waals surface area (Å²) >= 11 is 0. The molecule has 6 nitrogen and oxygen atoms in total. The Bertz CT molecular complexity index is 490. The van der Waals surface area contributed by atoms with Crippen molar-refractivity contribution in [3.8, 4) is 5.75 Å². The standard InChI is InChI=1S/C17H27N3O3/c1-3-23-16-6-4-5-15(13-16)14(2)19-17(21)18-7-8-20-9-11-22-12-10-20/h4-6,13-14H,3,7-12H2,1-2H3,(H2,18,19,21)/t14-/m1/s1. The van der Waals surface area contributed by atoms with Gasteiger partial charge in [-0.05, 0) is 31.5 Å². The molecule has 1 aromatic rings. The molecule has 1 aliphatic heterocycles. The molecule has 1 fully saturated rings. The molecule has 0 aliphatic carbocycles. The van der Waals surface area contributed by atoms with Crippen LogP contribution < -0.4 is 15.4 Å². The van der Waals surface area contributed by atoms with Gasteiger partial charge in [0.2, 0.25) is 0 Å². The summed E-state index contributed by atoms with van der Waals surface area (Å²) in [4.78, 5) is 14.3. The van der Waals surface area contributed by atoms with E-state index in [-0.39, 0.29) is 12.1 Å². The van der Waals surface area contributed by atoms with E-state index in [9.17, 15) is 4.79 Å². The fourth-order valence-corrected chi connectivity index (χ4v) is 2.52. The molecule has 0 saturated carbocycles. The van der Waals surface area contributed by atoms with Gasteiger partial charge in [-0.1, -0.05) is 12.1 Å². The largest absolute Gasteiger partial charge is 0.494 e. The molecule has 0 spiro atoms. The third-order valence-corrected chi connectivity index (χ3v) is 3.83. The summed E-state index contributed by atoms with van der Waals surface area (Å²) in [6.07, 6.45) is 0. The summed E-state index contributed by atoms with van der Waals surface area (Å²) in [5, 5.41) is 5.86. The smallest absolute Gasteiger partial charge is 0.315 e. The van der Waals surface area contributed by atoms with Gasteiger partial charge in [-0.2, -0.15) is 0 Å². The zero-order valence-electron chi connectivity index (χ0n) is 14.0. The summed E-state index contributed by atoms with van der Waals surface area (Å²) in [7, 11) is 0. The maximum Gasteiger partial charge on any atom is 0.315 e. The third kappa shape index (κ3) is 6.08. The van der Waals surface area contributed by atoms with E-state index in [2.05, 4.69) is 15.5 Å². The van der Waals surface area contributed by atoms with Crippen LogP contribution >= 0.6 is 0 Å². The lowest BCUT2D eigenvalue weighted by Crippen LogP contribution is -2.44. The molecule has 128 valence electrons. The molecule has 2 amide bonds. The van der Waals surface area contributed by atoms with Gasteiger partial charge in [-0.3, -0.25) is 4.90 Å². The lowest BCUT2D eigenvalue weighted by molar-refractivity contribution is 0.0387. The number of hydrogen-bond donors (Lipinski definition) is 2. The van der Waals surface area contributed by atoms with Gasteiger partial charge in [0.05, 0.1) is 25.9 Å². The molecule has 0 bridgehead atoms. The fraction of sp³-hybridized carbons (Fsp3) is 0.588. The summed E-state index contributed by atoms with van der Waals surface area (Å²) in [6, 6.07) is 7.59. The molecular weight excluding hydrogens is 294 g/mol. The van der Waals surface area contributed by atoms with Crippen LogP contribution in [0, 0.1) is 0 Å². The lowest BCUT2D eigenvalue weighted by atomic mass is 10.1. The van der Waals surface area contributed by atoms with Crippen molar-refractivity contribution in [2.24, 2.45) is 0 Å². The van der Waals surface area contributed by atoms with Crippen molar-refractivity contribution in [3.63, 3.8) is 0 Å². The normalized spacial score (nSPS) is 16.6. The van der Waals surface area contributed by atoms with E-state index >= 15 is 0 Å². The topological polar surface area (TPSA) is 62.8 Å². The number of nitrogens with one attached hydrogen (secondary N) is 2. The average Bonchev–Trinajstić information content (AvgIpc) is 2.56. The number of hydrogen-bond acceptors (Lipinski definition) is 4. The first kappa shape index (κ1) is 17.6. The highest BCUT2D eigenvalue weighted by molar-refractivity contribution is 5.74. The Kier molecular flexibility index (Phi) is 7.16. The Morgan fingerprint density at radius 1 is 1.39 bits per heavy atom. The molecule has 1 atom stereocenters. The second kappa shape index (κ2) is 9.37. The van der Waals surface area contributed by atoms with Gasteiger partial charge in [0.1, 0.15) is 5.75 Å². The van der Waals surface area contributed by atoms with Gasteiger partial charge >= 0.3 is 6.03 Å². The van der Waals surface area contributed by atoms with Gasteiger partial charge < -0.3 is 20.1 Å². The van der Waals surface area contributed by atoms with Crippen LogP contribution in [0.25, 0.3) is 0 Å². The number of benzene rings is 1. The highest BCUT2D eigenvalue weighted by Crippen LogP contribution is 2.18. The maximum absolute atomic E-state index is 12.0. The van der Waals surface area contributed by atoms with Crippen LogP contribution in [0.3, 0.4) is 0 Å². The molecule has 23 heavy (non-hydrogen) atoms. The van der Waals surface area contributed by atoms with E-state index < -0.39 is 0 Å². The van der Waals surface area contributed by atoms with Gasteiger partial charge in [-0.15, -0.1) is 0 Å². The molecule has 0 radical (unpaired) electrons.